The van der Waals surface area contributed by atoms with Gasteiger partial charge in [0.2, 0.25) is 0 Å². The highest BCUT2D eigenvalue weighted by Gasteiger charge is 2.26. The van der Waals surface area contributed by atoms with Gasteiger partial charge in [0, 0.05) is 12.5 Å². The summed E-state index contributed by atoms with van der Waals surface area (Å²) >= 11 is 0. The number of benzene rings is 2. The van der Waals surface area contributed by atoms with E-state index in [4.69, 9.17) is 9.47 Å². The third-order valence-corrected chi connectivity index (χ3v) is 6.15. The van der Waals surface area contributed by atoms with Crippen LogP contribution in [0.4, 0.5) is 0 Å². The van der Waals surface area contributed by atoms with E-state index in [1.54, 1.807) is 5.56 Å². The van der Waals surface area contributed by atoms with Gasteiger partial charge in [-0.05, 0) is 79.6 Å². The number of nitrogens with zero attached hydrogens (tertiary/aromatic N) is 1. The van der Waals surface area contributed by atoms with Crippen LogP contribution >= 0.6 is 0 Å². The van der Waals surface area contributed by atoms with Gasteiger partial charge in [-0.25, -0.2) is 0 Å². The molecule has 26 heavy (non-hydrogen) atoms. The molecule has 0 aromatic heterocycles. The number of hydrogen-bond donors (Lipinski definition) is 0. The van der Waals surface area contributed by atoms with Crippen molar-refractivity contribution in [1.82, 2.24) is 4.90 Å². The number of rotatable bonds is 2. The summed E-state index contributed by atoms with van der Waals surface area (Å²) in [6, 6.07) is 14.1. The molecule has 3 aliphatic rings. The molecule has 1 aliphatic carbocycles. The van der Waals surface area contributed by atoms with Crippen LogP contribution < -0.4 is 9.47 Å². The first kappa shape index (κ1) is 16.2. The first-order valence-corrected chi connectivity index (χ1v) is 10.1. The van der Waals surface area contributed by atoms with Crippen molar-refractivity contribution >= 4 is 0 Å². The highest BCUT2D eigenvalue weighted by atomic mass is 16.5. The van der Waals surface area contributed by atoms with Crippen LogP contribution in [0.25, 0.3) is 11.1 Å². The average Bonchev–Trinajstić information content (AvgIpc) is 3.12. The molecule has 2 aromatic rings. The van der Waals surface area contributed by atoms with Crippen molar-refractivity contribution in [2.45, 2.75) is 44.6 Å². The average molecular weight is 349 g/mol. The smallest absolute Gasteiger partial charge is 0.161 e. The Labute approximate surface area is 155 Å². The molecule has 0 saturated carbocycles. The third kappa shape index (κ3) is 3.09. The lowest BCUT2D eigenvalue weighted by Gasteiger charge is -2.32. The second kappa shape index (κ2) is 6.96. The van der Waals surface area contributed by atoms with Gasteiger partial charge in [-0.2, -0.15) is 0 Å². The Bertz CT molecular complexity index is 795. The summed E-state index contributed by atoms with van der Waals surface area (Å²) in [4.78, 5) is 2.71. The van der Waals surface area contributed by atoms with E-state index < -0.39 is 0 Å². The van der Waals surface area contributed by atoms with E-state index in [2.05, 4.69) is 41.3 Å². The fraction of sp³-hybridized carbons (Fsp3) is 0.478. The van der Waals surface area contributed by atoms with E-state index in [1.807, 2.05) is 0 Å². The quantitative estimate of drug-likeness (QED) is 0.798. The molecule has 136 valence electrons. The zero-order valence-corrected chi connectivity index (χ0v) is 15.4. The Balaban J connectivity index is 1.39. The standard InChI is InChI=1S/C23H27NO2/c1-2-11-24(10-1)21-8-6-18-14-17(4-5-19(18)15-21)20-7-9-22-23(16-20)26-13-3-12-25-22/h4-5,7,9,14,16,21H,1-3,6,8,10-13,15H2. The number of aryl methyl sites for hydroxylation is 1. The summed E-state index contributed by atoms with van der Waals surface area (Å²) in [7, 11) is 0. The molecule has 0 bridgehead atoms. The Morgan fingerprint density at radius 1 is 0.769 bits per heavy atom. The topological polar surface area (TPSA) is 21.7 Å². The van der Waals surface area contributed by atoms with Gasteiger partial charge in [0.25, 0.3) is 0 Å². The molecule has 3 heteroatoms. The molecule has 1 unspecified atom stereocenters. The van der Waals surface area contributed by atoms with Crippen molar-refractivity contribution in [3.63, 3.8) is 0 Å². The summed E-state index contributed by atoms with van der Waals surface area (Å²) in [5.74, 6) is 1.75. The number of likely N-dealkylation sites (tertiary alicyclic amines) is 1. The second-order valence-electron chi connectivity index (χ2n) is 7.84. The molecule has 0 spiro atoms. The van der Waals surface area contributed by atoms with Crippen molar-refractivity contribution in [1.29, 1.82) is 0 Å². The minimum Gasteiger partial charge on any atom is -0.490 e. The van der Waals surface area contributed by atoms with Gasteiger partial charge in [-0.3, -0.25) is 0 Å². The molecular weight excluding hydrogens is 322 g/mol. The van der Waals surface area contributed by atoms with Crippen LogP contribution in [0.1, 0.15) is 36.8 Å². The molecule has 0 amide bonds. The molecule has 2 aromatic carbocycles. The van der Waals surface area contributed by atoms with Crippen LogP contribution in [0.3, 0.4) is 0 Å². The molecular formula is C23H27NO2. The molecule has 5 rings (SSSR count). The maximum Gasteiger partial charge on any atom is 0.161 e. The summed E-state index contributed by atoms with van der Waals surface area (Å²) in [6.07, 6.45) is 7.43. The Morgan fingerprint density at radius 3 is 2.42 bits per heavy atom. The van der Waals surface area contributed by atoms with Crippen molar-refractivity contribution in [2.75, 3.05) is 26.3 Å². The van der Waals surface area contributed by atoms with Gasteiger partial charge >= 0.3 is 0 Å². The van der Waals surface area contributed by atoms with Gasteiger partial charge in [0.1, 0.15) is 0 Å². The summed E-state index contributed by atoms with van der Waals surface area (Å²) < 4.78 is 11.6. The maximum absolute atomic E-state index is 5.86. The summed E-state index contributed by atoms with van der Waals surface area (Å²) in [5, 5.41) is 0. The molecule has 2 heterocycles. The first-order chi connectivity index (χ1) is 12.9. The number of hydrogen-bond acceptors (Lipinski definition) is 3. The minimum atomic E-state index is 0.735. The van der Waals surface area contributed by atoms with E-state index in [-0.39, 0.29) is 0 Å². The monoisotopic (exact) mass is 349 g/mol. The maximum atomic E-state index is 5.86. The van der Waals surface area contributed by atoms with Gasteiger partial charge in [0.15, 0.2) is 11.5 Å². The lowest BCUT2D eigenvalue weighted by atomic mass is 9.85. The van der Waals surface area contributed by atoms with Gasteiger partial charge < -0.3 is 14.4 Å². The van der Waals surface area contributed by atoms with Crippen LogP contribution in [0.5, 0.6) is 11.5 Å². The number of ether oxygens (including phenoxy) is 2. The molecule has 2 aliphatic heterocycles. The van der Waals surface area contributed by atoms with Gasteiger partial charge in [0.05, 0.1) is 13.2 Å². The normalized spacial score (nSPS) is 22.7. The second-order valence-corrected chi connectivity index (χ2v) is 7.84. The zero-order valence-electron chi connectivity index (χ0n) is 15.4. The van der Waals surface area contributed by atoms with Crippen molar-refractivity contribution < 1.29 is 9.47 Å². The molecule has 3 nitrogen and oxygen atoms in total. The lowest BCUT2D eigenvalue weighted by Crippen LogP contribution is -2.37. The Kier molecular flexibility index (Phi) is 4.33. The summed E-state index contributed by atoms with van der Waals surface area (Å²) in [5.41, 5.74) is 5.59. The van der Waals surface area contributed by atoms with Crippen LogP contribution in [0.2, 0.25) is 0 Å². The SMILES string of the molecule is c1cc2c(cc1-c1ccc3c(c1)OCCCO3)CCC(N1CCCC1)C2. The minimum absolute atomic E-state index is 0.735. The Morgan fingerprint density at radius 2 is 1.54 bits per heavy atom. The zero-order chi connectivity index (χ0) is 17.3. The lowest BCUT2D eigenvalue weighted by molar-refractivity contribution is 0.222. The molecule has 1 fully saturated rings. The van der Waals surface area contributed by atoms with Crippen LogP contribution in [-0.4, -0.2) is 37.2 Å². The van der Waals surface area contributed by atoms with Gasteiger partial charge in [-0.1, -0.05) is 24.3 Å². The first-order valence-electron chi connectivity index (χ1n) is 10.1. The molecule has 0 radical (unpaired) electrons. The van der Waals surface area contributed by atoms with Crippen molar-refractivity contribution in [3.05, 3.63) is 47.5 Å². The van der Waals surface area contributed by atoms with Crippen LogP contribution in [-0.2, 0) is 12.8 Å². The van der Waals surface area contributed by atoms with E-state index in [0.29, 0.717) is 0 Å². The number of fused-ring (bicyclic) bond motifs is 2. The molecule has 0 N–H and O–H groups in total. The van der Waals surface area contributed by atoms with E-state index in [9.17, 15) is 0 Å². The van der Waals surface area contributed by atoms with Crippen molar-refractivity contribution in [2.24, 2.45) is 0 Å². The van der Waals surface area contributed by atoms with Crippen molar-refractivity contribution in [3.8, 4) is 22.6 Å². The van der Waals surface area contributed by atoms with Gasteiger partial charge in [-0.15, -0.1) is 0 Å². The highest BCUT2D eigenvalue weighted by molar-refractivity contribution is 5.68. The summed E-state index contributed by atoms with van der Waals surface area (Å²) in [6.45, 7) is 4.08. The molecule has 1 atom stereocenters. The highest BCUT2D eigenvalue weighted by Crippen LogP contribution is 2.36. The third-order valence-electron chi connectivity index (χ3n) is 6.15. The fourth-order valence-corrected chi connectivity index (χ4v) is 4.68. The Hall–Kier alpha value is -2.00. The van der Waals surface area contributed by atoms with E-state index in [0.717, 1.165) is 37.2 Å². The predicted molar refractivity (Wildman–Crippen MR) is 104 cm³/mol. The van der Waals surface area contributed by atoms with Crippen LogP contribution in [0.15, 0.2) is 36.4 Å². The van der Waals surface area contributed by atoms with E-state index >= 15 is 0 Å². The molecule has 1 saturated heterocycles. The predicted octanol–water partition coefficient (Wildman–Crippen LogP) is 4.47. The van der Waals surface area contributed by atoms with Crippen LogP contribution in [0, 0.1) is 0 Å². The fourth-order valence-electron chi connectivity index (χ4n) is 4.68. The van der Waals surface area contributed by atoms with E-state index in [1.165, 1.54) is 61.9 Å². The largest absolute Gasteiger partial charge is 0.490 e.